The van der Waals surface area contributed by atoms with Gasteiger partial charge in [-0.1, -0.05) is 43.0 Å². The maximum atomic E-state index is 11.3. The zero-order valence-corrected chi connectivity index (χ0v) is 14.4. The Morgan fingerprint density at radius 3 is 2.12 bits per heavy atom. The van der Waals surface area contributed by atoms with Crippen molar-refractivity contribution in [2.75, 3.05) is 0 Å². The van der Waals surface area contributed by atoms with Crippen LogP contribution in [0, 0.1) is 17.3 Å². The number of carbonyl (C=O) groups is 3. The summed E-state index contributed by atoms with van der Waals surface area (Å²) in [7, 11) is 0. The van der Waals surface area contributed by atoms with Crippen LogP contribution < -0.4 is 0 Å². The molecule has 0 aliphatic heterocycles. The second-order valence-corrected chi connectivity index (χ2v) is 6.66. The van der Waals surface area contributed by atoms with Gasteiger partial charge < -0.3 is 20.1 Å². The van der Waals surface area contributed by atoms with Gasteiger partial charge in [-0.2, -0.15) is 0 Å². The number of carboxylic acid groups (broad SMARTS) is 2. The van der Waals surface area contributed by atoms with Crippen molar-refractivity contribution in [3.63, 3.8) is 0 Å². The Morgan fingerprint density at radius 1 is 1.12 bits per heavy atom. The molecule has 0 aromatic rings. The van der Waals surface area contributed by atoms with Gasteiger partial charge in [0.1, 0.15) is 6.10 Å². The highest BCUT2D eigenvalue weighted by Crippen LogP contribution is 2.41. The molecule has 2 bridgehead atoms. The van der Waals surface area contributed by atoms with E-state index in [1.54, 1.807) is 13.0 Å². The molecule has 3 aliphatic rings. The highest BCUT2D eigenvalue weighted by molar-refractivity contribution is 6.01. The number of fused-ring (bicyclic) bond motifs is 2. The van der Waals surface area contributed by atoms with Crippen LogP contribution in [0.25, 0.3) is 0 Å². The molecule has 0 radical (unpaired) electrons. The van der Waals surface area contributed by atoms with Crippen molar-refractivity contribution in [1.82, 2.24) is 0 Å². The van der Waals surface area contributed by atoms with E-state index in [9.17, 15) is 19.5 Å². The SMILES string of the molecule is C=C(C)C(=O)OC1C2C=CC(C2)C1O.O=C(O)C1(C(=O)O)C=CC=CC1. The molecule has 26 heavy (non-hydrogen) atoms. The molecule has 3 N–H and O–H groups in total. The molecule has 1 fully saturated rings. The van der Waals surface area contributed by atoms with Gasteiger partial charge in [0.05, 0.1) is 6.10 Å². The number of hydrogen-bond acceptors (Lipinski definition) is 5. The van der Waals surface area contributed by atoms with Crippen LogP contribution in [0.3, 0.4) is 0 Å². The Bertz CT molecular complexity index is 687. The van der Waals surface area contributed by atoms with Gasteiger partial charge in [-0.15, -0.1) is 0 Å². The zero-order valence-electron chi connectivity index (χ0n) is 14.4. The summed E-state index contributed by atoms with van der Waals surface area (Å²) in [5.74, 6) is -2.69. The summed E-state index contributed by atoms with van der Waals surface area (Å²) < 4.78 is 5.18. The van der Waals surface area contributed by atoms with Crippen LogP contribution in [0.15, 0.2) is 48.6 Å². The molecule has 1 saturated carbocycles. The second kappa shape index (κ2) is 7.70. The molecule has 0 aromatic carbocycles. The van der Waals surface area contributed by atoms with E-state index in [4.69, 9.17) is 14.9 Å². The molecule has 0 saturated heterocycles. The summed E-state index contributed by atoms with van der Waals surface area (Å²) in [5.41, 5.74) is -1.38. The minimum absolute atomic E-state index is 0.00810. The Labute approximate surface area is 151 Å². The Balaban J connectivity index is 0.000000190. The number of allylic oxidation sites excluding steroid dienone is 3. The molecule has 7 nitrogen and oxygen atoms in total. The van der Waals surface area contributed by atoms with E-state index in [1.165, 1.54) is 18.2 Å². The maximum Gasteiger partial charge on any atom is 0.333 e. The fourth-order valence-corrected chi connectivity index (χ4v) is 3.16. The zero-order chi connectivity index (χ0) is 19.5. The topological polar surface area (TPSA) is 121 Å². The first-order valence-corrected chi connectivity index (χ1v) is 8.23. The normalized spacial score (nSPS) is 29.6. The Kier molecular flexibility index (Phi) is 5.82. The highest BCUT2D eigenvalue weighted by atomic mass is 16.6. The summed E-state index contributed by atoms with van der Waals surface area (Å²) in [5, 5.41) is 27.1. The van der Waals surface area contributed by atoms with Crippen LogP contribution in [0.1, 0.15) is 19.8 Å². The third-order valence-electron chi connectivity index (χ3n) is 4.77. The van der Waals surface area contributed by atoms with E-state index < -0.39 is 29.4 Å². The van der Waals surface area contributed by atoms with Gasteiger partial charge in [-0.3, -0.25) is 9.59 Å². The fourth-order valence-electron chi connectivity index (χ4n) is 3.16. The molecule has 3 aliphatic carbocycles. The molecule has 4 unspecified atom stereocenters. The third-order valence-corrected chi connectivity index (χ3v) is 4.77. The van der Waals surface area contributed by atoms with Gasteiger partial charge in [0.25, 0.3) is 0 Å². The summed E-state index contributed by atoms with van der Waals surface area (Å²) in [6, 6.07) is 0. The monoisotopic (exact) mass is 362 g/mol. The molecule has 3 rings (SSSR count). The average Bonchev–Trinajstić information content (AvgIpc) is 3.18. The smallest absolute Gasteiger partial charge is 0.333 e. The Morgan fingerprint density at radius 2 is 1.73 bits per heavy atom. The number of aliphatic carboxylic acids is 2. The third kappa shape index (κ3) is 3.77. The quantitative estimate of drug-likeness (QED) is 0.301. The largest absolute Gasteiger partial charge is 0.480 e. The Hall–Kier alpha value is -2.67. The molecule has 0 spiro atoms. The van der Waals surface area contributed by atoms with E-state index in [0.29, 0.717) is 5.57 Å². The van der Waals surface area contributed by atoms with Crippen molar-refractivity contribution < 1.29 is 34.4 Å². The van der Waals surface area contributed by atoms with Gasteiger partial charge in [0.2, 0.25) is 0 Å². The number of aliphatic hydroxyl groups is 1. The number of rotatable bonds is 4. The van der Waals surface area contributed by atoms with Crippen LogP contribution in [-0.2, 0) is 19.1 Å². The van der Waals surface area contributed by atoms with Crippen LogP contribution >= 0.6 is 0 Å². The second-order valence-electron chi connectivity index (χ2n) is 6.66. The molecule has 140 valence electrons. The molecule has 7 heteroatoms. The number of aliphatic hydroxyl groups excluding tert-OH is 1. The van der Waals surface area contributed by atoms with Gasteiger partial charge in [0.15, 0.2) is 5.41 Å². The van der Waals surface area contributed by atoms with Gasteiger partial charge in [0, 0.05) is 17.4 Å². The molecule has 0 aromatic heterocycles. The fraction of sp³-hybridized carbons (Fsp3) is 0.421. The van der Waals surface area contributed by atoms with Gasteiger partial charge >= 0.3 is 17.9 Å². The van der Waals surface area contributed by atoms with E-state index in [1.807, 2.05) is 12.2 Å². The van der Waals surface area contributed by atoms with Gasteiger partial charge in [-0.05, 0) is 19.8 Å². The minimum Gasteiger partial charge on any atom is -0.480 e. The molecule has 4 atom stereocenters. The lowest BCUT2D eigenvalue weighted by molar-refractivity contribution is -0.160. The summed E-state index contributed by atoms with van der Waals surface area (Å²) in [6.07, 6.45) is 9.82. The van der Waals surface area contributed by atoms with E-state index >= 15 is 0 Å². The number of hydrogen-bond donors (Lipinski definition) is 3. The lowest BCUT2D eigenvalue weighted by atomic mass is 9.82. The lowest BCUT2D eigenvalue weighted by Gasteiger charge is -2.23. The average molecular weight is 362 g/mol. The first kappa shape index (κ1) is 19.7. The van der Waals surface area contributed by atoms with Gasteiger partial charge in [-0.25, -0.2) is 4.79 Å². The number of carboxylic acids is 2. The summed E-state index contributed by atoms with van der Waals surface area (Å²) >= 11 is 0. The first-order valence-electron chi connectivity index (χ1n) is 8.23. The van der Waals surface area contributed by atoms with Crippen molar-refractivity contribution in [2.45, 2.75) is 32.0 Å². The minimum atomic E-state index is -1.76. The standard InChI is InChI=1S/C11H14O3.C8H8O4/c1-6(2)11(13)14-10-8-4-3-7(5-8)9(10)12;9-6(10)8(7(11)12)4-2-1-3-5-8/h3-4,7-10,12H,1,5H2,2H3;1-4H,5H2,(H,9,10)(H,11,12). The maximum absolute atomic E-state index is 11.3. The highest BCUT2D eigenvalue weighted by Gasteiger charge is 2.46. The van der Waals surface area contributed by atoms with Crippen LogP contribution in [-0.4, -0.2) is 45.4 Å². The number of ether oxygens (including phenoxy) is 1. The van der Waals surface area contributed by atoms with Crippen molar-refractivity contribution in [1.29, 1.82) is 0 Å². The number of esters is 1. The van der Waals surface area contributed by atoms with E-state index in [-0.39, 0.29) is 24.4 Å². The van der Waals surface area contributed by atoms with Crippen LogP contribution in [0.4, 0.5) is 0 Å². The molecular weight excluding hydrogens is 340 g/mol. The predicted octanol–water partition coefficient (Wildman–Crippen LogP) is 1.70. The first-order chi connectivity index (χ1) is 12.2. The molecule has 0 heterocycles. The number of carbonyl (C=O) groups excluding carboxylic acids is 1. The van der Waals surface area contributed by atoms with Crippen molar-refractivity contribution in [3.05, 3.63) is 48.6 Å². The lowest BCUT2D eigenvalue weighted by Crippen LogP contribution is -2.37. The van der Waals surface area contributed by atoms with Crippen LogP contribution in [0.5, 0.6) is 0 Å². The van der Waals surface area contributed by atoms with Crippen molar-refractivity contribution in [2.24, 2.45) is 17.3 Å². The summed E-state index contributed by atoms with van der Waals surface area (Å²) in [6.45, 7) is 5.12. The molecule has 0 amide bonds. The van der Waals surface area contributed by atoms with E-state index in [2.05, 4.69) is 6.58 Å². The summed E-state index contributed by atoms with van der Waals surface area (Å²) in [4.78, 5) is 32.6. The molecular formula is C19H22O7. The van der Waals surface area contributed by atoms with Crippen molar-refractivity contribution >= 4 is 17.9 Å². The van der Waals surface area contributed by atoms with Crippen molar-refractivity contribution in [3.8, 4) is 0 Å². The van der Waals surface area contributed by atoms with Crippen LogP contribution in [0.2, 0.25) is 0 Å². The predicted molar refractivity (Wildman–Crippen MR) is 92.0 cm³/mol. The van der Waals surface area contributed by atoms with E-state index in [0.717, 1.165) is 6.42 Å².